The summed E-state index contributed by atoms with van der Waals surface area (Å²) in [6.45, 7) is 2.11. The summed E-state index contributed by atoms with van der Waals surface area (Å²) < 4.78 is 10.1. The van der Waals surface area contributed by atoms with Crippen molar-refractivity contribution in [3.63, 3.8) is 0 Å². The number of aromatic nitrogens is 1. The molecule has 0 fully saturated rings. The lowest BCUT2D eigenvalue weighted by Crippen LogP contribution is -2.07. The second-order valence-corrected chi connectivity index (χ2v) is 3.47. The quantitative estimate of drug-likeness (QED) is 0.761. The molecule has 4 nitrogen and oxygen atoms in total. The number of carbonyl (C=O) groups excluding carboxylic acids is 1. The predicted molar refractivity (Wildman–Crippen MR) is 64.3 cm³/mol. The number of esters is 1. The van der Waals surface area contributed by atoms with Crippen LogP contribution >= 0.6 is 0 Å². The predicted octanol–water partition coefficient (Wildman–Crippen LogP) is 2.42. The van der Waals surface area contributed by atoms with Gasteiger partial charge >= 0.3 is 5.97 Å². The zero-order valence-corrected chi connectivity index (χ0v) is 9.77. The van der Waals surface area contributed by atoms with Gasteiger partial charge in [-0.2, -0.15) is 0 Å². The van der Waals surface area contributed by atoms with E-state index in [1.807, 2.05) is 18.2 Å². The van der Waals surface area contributed by atoms with Gasteiger partial charge in [0.15, 0.2) is 5.69 Å². The van der Waals surface area contributed by atoms with Crippen LogP contribution in [0.15, 0.2) is 30.5 Å². The lowest BCUT2D eigenvalue weighted by Gasteiger charge is -2.06. The molecular formula is C13H13NO3. The first-order chi connectivity index (χ1) is 8.26. The van der Waals surface area contributed by atoms with Crippen LogP contribution in [0.4, 0.5) is 0 Å². The van der Waals surface area contributed by atoms with Gasteiger partial charge in [0, 0.05) is 11.6 Å². The van der Waals surface area contributed by atoms with Crippen LogP contribution in [0.1, 0.15) is 17.4 Å². The highest BCUT2D eigenvalue weighted by atomic mass is 16.5. The van der Waals surface area contributed by atoms with E-state index in [2.05, 4.69) is 4.98 Å². The molecule has 4 heteroatoms. The van der Waals surface area contributed by atoms with E-state index >= 15 is 0 Å². The molecule has 0 atom stereocenters. The summed E-state index contributed by atoms with van der Waals surface area (Å²) in [6.07, 6.45) is 1.59. The number of benzene rings is 1. The van der Waals surface area contributed by atoms with Crippen LogP contribution in [0.25, 0.3) is 10.8 Å². The van der Waals surface area contributed by atoms with E-state index in [1.54, 1.807) is 26.3 Å². The van der Waals surface area contributed by atoms with Crippen LogP contribution in [0.3, 0.4) is 0 Å². The first-order valence-corrected chi connectivity index (χ1v) is 5.36. The molecule has 0 aliphatic carbocycles. The van der Waals surface area contributed by atoms with Crippen molar-refractivity contribution < 1.29 is 14.3 Å². The summed E-state index contributed by atoms with van der Waals surface area (Å²) in [6, 6.07) is 7.31. The number of hydrogen-bond donors (Lipinski definition) is 0. The molecule has 0 amide bonds. The molecule has 2 aromatic rings. The van der Waals surface area contributed by atoms with Crippen LogP contribution in [-0.4, -0.2) is 24.7 Å². The minimum Gasteiger partial charge on any atom is -0.497 e. The van der Waals surface area contributed by atoms with Crippen LogP contribution in [0.2, 0.25) is 0 Å². The standard InChI is InChI=1S/C13H13NO3/c1-3-17-13(15)12-11-5-4-10(16-2)8-9(11)6-7-14-12/h4-8H,3H2,1-2H3. The van der Waals surface area contributed by atoms with Crippen molar-refractivity contribution in [3.05, 3.63) is 36.2 Å². The first-order valence-electron chi connectivity index (χ1n) is 5.36. The first kappa shape index (κ1) is 11.4. The fraction of sp³-hybridized carbons (Fsp3) is 0.231. The van der Waals surface area contributed by atoms with Crippen molar-refractivity contribution in [2.45, 2.75) is 6.92 Å². The molecule has 0 aliphatic rings. The Kier molecular flexibility index (Phi) is 3.23. The van der Waals surface area contributed by atoms with Gasteiger partial charge in [0.2, 0.25) is 0 Å². The average molecular weight is 231 g/mol. The van der Waals surface area contributed by atoms with Crippen molar-refractivity contribution >= 4 is 16.7 Å². The third-order valence-corrected chi connectivity index (χ3v) is 2.44. The summed E-state index contributed by atoms with van der Waals surface area (Å²) in [5.41, 5.74) is 0.340. The summed E-state index contributed by atoms with van der Waals surface area (Å²) in [4.78, 5) is 15.8. The number of carbonyl (C=O) groups is 1. The van der Waals surface area contributed by atoms with Crippen molar-refractivity contribution in [1.82, 2.24) is 4.98 Å². The third kappa shape index (κ3) is 2.20. The van der Waals surface area contributed by atoms with E-state index in [1.165, 1.54) is 0 Å². The van der Waals surface area contributed by atoms with Crippen LogP contribution in [0.5, 0.6) is 5.75 Å². The van der Waals surface area contributed by atoms with Gasteiger partial charge in [-0.1, -0.05) is 0 Å². The Balaban J connectivity index is 2.54. The summed E-state index contributed by atoms with van der Waals surface area (Å²) in [5.74, 6) is 0.349. The molecule has 0 bridgehead atoms. The van der Waals surface area contributed by atoms with E-state index in [0.717, 1.165) is 16.5 Å². The Hall–Kier alpha value is -2.10. The molecular weight excluding hydrogens is 218 g/mol. The van der Waals surface area contributed by atoms with Gasteiger partial charge in [-0.3, -0.25) is 0 Å². The van der Waals surface area contributed by atoms with E-state index in [9.17, 15) is 4.79 Å². The Bertz CT molecular complexity index is 551. The minimum atomic E-state index is -0.400. The number of fused-ring (bicyclic) bond motifs is 1. The Morgan fingerprint density at radius 2 is 2.18 bits per heavy atom. The highest BCUT2D eigenvalue weighted by molar-refractivity contribution is 6.02. The molecule has 0 saturated carbocycles. The maximum atomic E-state index is 11.7. The molecule has 0 radical (unpaired) electrons. The average Bonchev–Trinajstić information content (AvgIpc) is 2.37. The monoisotopic (exact) mass is 231 g/mol. The van der Waals surface area contributed by atoms with E-state index < -0.39 is 5.97 Å². The zero-order valence-electron chi connectivity index (χ0n) is 9.77. The van der Waals surface area contributed by atoms with Gasteiger partial charge in [-0.25, -0.2) is 9.78 Å². The van der Waals surface area contributed by atoms with E-state index in [4.69, 9.17) is 9.47 Å². The number of pyridine rings is 1. The topological polar surface area (TPSA) is 48.4 Å². The van der Waals surface area contributed by atoms with Gasteiger partial charge in [-0.05, 0) is 36.6 Å². The van der Waals surface area contributed by atoms with Gasteiger partial charge in [0.25, 0.3) is 0 Å². The number of ether oxygens (including phenoxy) is 2. The Morgan fingerprint density at radius 3 is 2.88 bits per heavy atom. The largest absolute Gasteiger partial charge is 0.497 e. The molecule has 17 heavy (non-hydrogen) atoms. The molecule has 0 saturated heterocycles. The number of nitrogens with zero attached hydrogens (tertiary/aromatic N) is 1. The number of hydrogen-bond acceptors (Lipinski definition) is 4. The normalized spacial score (nSPS) is 10.2. The summed E-state index contributed by atoms with van der Waals surface area (Å²) in [7, 11) is 1.61. The second kappa shape index (κ2) is 4.82. The second-order valence-electron chi connectivity index (χ2n) is 3.47. The summed E-state index contributed by atoms with van der Waals surface area (Å²) >= 11 is 0. The van der Waals surface area contributed by atoms with Crippen LogP contribution in [0, 0.1) is 0 Å². The van der Waals surface area contributed by atoms with Gasteiger partial charge in [-0.15, -0.1) is 0 Å². The molecule has 88 valence electrons. The molecule has 0 N–H and O–H groups in total. The molecule has 0 unspecified atom stereocenters. The molecule has 1 aromatic heterocycles. The maximum Gasteiger partial charge on any atom is 0.357 e. The van der Waals surface area contributed by atoms with Gasteiger partial charge in [0.05, 0.1) is 13.7 Å². The number of rotatable bonds is 3. The molecule has 0 aliphatic heterocycles. The Labute approximate surface area is 99.2 Å². The van der Waals surface area contributed by atoms with Gasteiger partial charge in [0.1, 0.15) is 5.75 Å². The molecule has 2 rings (SSSR count). The van der Waals surface area contributed by atoms with E-state index in [0.29, 0.717) is 12.3 Å². The van der Waals surface area contributed by atoms with Crippen molar-refractivity contribution in [2.75, 3.05) is 13.7 Å². The highest BCUT2D eigenvalue weighted by Gasteiger charge is 2.12. The molecule has 0 spiro atoms. The van der Waals surface area contributed by atoms with Gasteiger partial charge < -0.3 is 9.47 Å². The molecule has 1 heterocycles. The SMILES string of the molecule is CCOC(=O)c1nccc2cc(OC)ccc12. The summed E-state index contributed by atoms with van der Waals surface area (Å²) in [5, 5.41) is 1.68. The fourth-order valence-corrected chi connectivity index (χ4v) is 1.65. The van der Waals surface area contributed by atoms with Crippen LogP contribution in [-0.2, 0) is 4.74 Å². The van der Waals surface area contributed by atoms with Crippen molar-refractivity contribution in [3.8, 4) is 5.75 Å². The lowest BCUT2D eigenvalue weighted by molar-refractivity contribution is 0.0522. The third-order valence-electron chi connectivity index (χ3n) is 2.44. The van der Waals surface area contributed by atoms with Crippen molar-refractivity contribution in [1.29, 1.82) is 0 Å². The maximum absolute atomic E-state index is 11.7. The fourth-order valence-electron chi connectivity index (χ4n) is 1.65. The highest BCUT2D eigenvalue weighted by Crippen LogP contribution is 2.22. The number of methoxy groups -OCH3 is 1. The minimum absolute atomic E-state index is 0.340. The lowest BCUT2D eigenvalue weighted by atomic mass is 10.1. The molecule has 1 aromatic carbocycles. The zero-order chi connectivity index (χ0) is 12.3. The smallest absolute Gasteiger partial charge is 0.357 e. The van der Waals surface area contributed by atoms with E-state index in [-0.39, 0.29) is 0 Å². The van der Waals surface area contributed by atoms with Crippen LogP contribution < -0.4 is 4.74 Å². The van der Waals surface area contributed by atoms with Crippen molar-refractivity contribution in [2.24, 2.45) is 0 Å². The Morgan fingerprint density at radius 1 is 1.35 bits per heavy atom.